The molecule has 2 nitrogen and oxygen atoms in total. The van der Waals surface area contributed by atoms with Crippen LogP contribution in [0.15, 0.2) is 138 Å². The lowest BCUT2D eigenvalue weighted by molar-refractivity contribution is 0.659. The Balaban J connectivity index is 1.08. The van der Waals surface area contributed by atoms with E-state index in [0.717, 1.165) is 51.2 Å². The highest BCUT2D eigenvalue weighted by Gasteiger charge is 2.35. The number of rotatable bonds is 5. The predicted molar refractivity (Wildman–Crippen MR) is 201 cm³/mol. The van der Waals surface area contributed by atoms with Gasteiger partial charge in [-0.2, -0.15) is 0 Å². The van der Waals surface area contributed by atoms with Crippen LogP contribution in [0.3, 0.4) is 0 Å². The van der Waals surface area contributed by atoms with Gasteiger partial charge in [0, 0.05) is 16.3 Å². The van der Waals surface area contributed by atoms with E-state index in [1.165, 1.54) is 49.7 Å². The van der Waals surface area contributed by atoms with E-state index in [0.29, 0.717) is 0 Å². The molecule has 0 spiro atoms. The Labute approximate surface area is 280 Å². The molecule has 2 heterocycles. The standard InChI is InChI=1S/C46H37NO/c1-4-41-38(45-44(47(41)34-13-6-5-7-14-34)43-35-15-9-8-12-33(35)24-27-42(43)48-45)26-22-30-18-20-31(21-19-30)28-32-23-25-37-36-16-10-11-17-39(36)46(2,3)40(37)29-32/h4-21,23-27,29H,22,28H2,1-3H3/b38-26+,41-4+. The molecular weight excluding hydrogens is 583 g/mol. The van der Waals surface area contributed by atoms with Crippen molar-refractivity contribution < 1.29 is 4.42 Å². The molecule has 1 aliphatic rings. The first-order chi connectivity index (χ1) is 23.5. The van der Waals surface area contributed by atoms with Gasteiger partial charge in [-0.15, -0.1) is 0 Å². The fourth-order valence-corrected chi connectivity index (χ4v) is 8.04. The summed E-state index contributed by atoms with van der Waals surface area (Å²) in [7, 11) is 0. The Morgan fingerprint density at radius 3 is 2.21 bits per heavy atom. The molecule has 0 aliphatic heterocycles. The molecule has 2 aromatic heterocycles. The van der Waals surface area contributed by atoms with Gasteiger partial charge in [-0.1, -0.05) is 141 Å². The number of hydrogen-bond donors (Lipinski definition) is 0. The summed E-state index contributed by atoms with van der Waals surface area (Å²) >= 11 is 0. The van der Waals surface area contributed by atoms with Crippen molar-refractivity contribution in [2.75, 3.05) is 0 Å². The SMILES string of the molecule is C/C=c1\c(=C/Cc2ccc(Cc3ccc4c(c3)C(C)(C)c3ccccc3-4)cc2)c2oc3ccc4ccccc4c3c2n1-c1ccccc1. The van der Waals surface area contributed by atoms with Gasteiger partial charge in [0.1, 0.15) is 11.1 Å². The van der Waals surface area contributed by atoms with Gasteiger partial charge in [-0.3, -0.25) is 0 Å². The number of furan rings is 1. The van der Waals surface area contributed by atoms with Crippen LogP contribution in [0.4, 0.5) is 0 Å². The minimum absolute atomic E-state index is 0.0220. The van der Waals surface area contributed by atoms with Gasteiger partial charge >= 0.3 is 0 Å². The van der Waals surface area contributed by atoms with Crippen LogP contribution in [-0.2, 0) is 18.3 Å². The normalized spacial score (nSPS) is 14.3. The van der Waals surface area contributed by atoms with Gasteiger partial charge in [0.2, 0.25) is 0 Å². The van der Waals surface area contributed by atoms with Gasteiger partial charge in [-0.05, 0) is 87.7 Å². The average molecular weight is 620 g/mol. The second-order valence-electron chi connectivity index (χ2n) is 13.7. The maximum absolute atomic E-state index is 6.71. The summed E-state index contributed by atoms with van der Waals surface area (Å²) in [4.78, 5) is 0. The molecule has 0 radical (unpaired) electrons. The Morgan fingerprint density at radius 2 is 1.38 bits per heavy atom. The van der Waals surface area contributed by atoms with Gasteiger partial charge in [0.15, 0.2) is 5.58 Å². The second kappa shape index (κ2) is 11.0. The molecule has 0 unspecified atom stereocenters. The molecule has 0 saturated heterocycles. The number of nitrogens with zero attached hydrogens (tertiary/aromatic N) is 1. The number of benzene rings is 6. The summed E-state index contributed by atoms with van der Waals surface area (Å²) in [6.45, 7) is 6.83. The Morgan fingerprint density at radius 1 is 0.667 bits per heavy atom. The Kier molecular flexibility index (Phi) is 6.55. The summed E-state index contributed by atoms with van der Waals surface area (Å²) < 4.78 is 9.08. The lowest BCUT2D eigenvalue weighted by Gasteiger charge is -2.22. The van der Waals surface area contributed by atoms with Crippen molar-refractivity contribution in [2.45, 2.75) is 39.0 Å². The highest BCUT2D eigenvalue weighted by molar-refractivity contribution is 6.18. The van der Waals surface area contributed by atoms with Crippen molar-refractivity contribution in [1.82, 2.24) is 4.57 Å². The van der Waals surface area contributed by atoms with E-state index in [-0.39, 0.29) is 5.41 Å². The molecule has 0 saturated carbocycles. The van der Waals surface area contributed by atoms with Gasteiger partial charge in [0.25, 0.3) is 0 Å². The van der Waals surface area contributed by atoms with E-state index in [9.17, 15) is 0 Å². The van der Waals surface area contributed by atoms with Crippen molar-refractivity contribution in [1.29, 1.82) is 0 Å². The first kappa shape index (κ1) is 28.6. The minimum atomic E-state index is 0.0220. The third-order valence-electron chi connectivity index (χ3n) is 10.4. The zero-order valence-corrected chi connectivity index (χ0v) is 27.6. The van der Waals surface area contributed by atoms with Gasteiger partial charge < -0.3 is 8.98 Å². The summed E-state index contributed by atoms with van der Waals surface area (Å²) in [5.41, 5.74) is 13.7. The van der Waals surface area contributed by atoms with E-state index in [2.05, 4.69) is 171 Å². The Hall–Kier alpha value is -5.60. The quantitative estimate of drug-likeness (QED) is 0.187. The van der Waals surface area contributed by atoms with Gasteiger partial charge in [-0.25, -0.2) is 0 Å². The predicted octanol–water partition coefficient (Wildman–Crippen LogP) is 10.3. The topological polar surface area (TPSA) is 18.1 Å². The minimum Gasteiger partial charge on any atom is -0.454 e. The second-order valence-corrected chi connectivity index (χ2v) is 13.7. The molecule has 48 heavy (non-hydrogen) atoms. The molecule has 0 atom stereocenters. The molecule has 232 valence electrons. The molecule has 6 aromatic carbocycles. The van der Waals surface area contributed by atoms with Crippen LogP contribution in [0, 0.1) is 0 Å². The van der Waals surface area contributed by atoms with Crippen molar-refractivity contribution in [3.63, 3.8) is 0 Å². The molecular formula is C46H37NO. The third-order valence-corrected chi connectivity index (χ3v) is 10.4. The molecule has 0 fully saturated rings. The number of hydrogen-bond acceptors (Lipinski definition) is 1. The number of para-hydroxylation sites is 1. The summed E-state index contributed by atoms with van der Waals surface area (Å²) in [6, 6.07) is 48.6. The zero-order chi connectivity index (χ0) is 32.4. The van der Waals surface area contributed by atoms with E-state index in [1.54, 1.807) is 0 Å². The smallest absolute Gasteiger partial charge is 0.161 e. The van der Waals surface area contributed by atoms with Crippen LogP contribution in [0.25, 0.3) is 61.8 Å². The van der Waals surface area contributed by atoms with Crippen LogP contribution < -0.4 is 10.6 Å². The molecule has 0 N–H and O–H groups in total. The van der Waals surface area contributed by atoms with Crippen molar-refractivity contribution in [2.24, 2.45) is 0 Å². The summed E-state index contributed by atoms with van der Waals surface area (Å²) in [5.74, 6) is 0. The molecule has 1 aliphatic carbocycles. The Bertz CT molecular complexity index is 2630. The lowest BCUT2D eigenvalue weighted by atomic mass is 9.81. The molecule has 8 aromatic rings. The first-order valence-corrected chi connectivity index (χ1v) is 17.0. The number of aromatic nitrogens is 1. The lowest BCUT2D eigenvalue weighted by Crippen LogP contribution is -2.28. The van der Waals surface area contributed by atoms with Crippen LogP contribution in [0.5, 0.6) is 0 Å². The van der Waals surface area contributed by atoms with Crippen molar-refractivity contribution in [3.05, 3.63) is 172 Å². The monoisotopic (exact) mass is 619 g/mol. The molecule has 2 heteroatoms. The molecule has 0 bridgehead atoms. The van der Waals surface area contributed by atoms with E-state index in [1.807, 2.05) is 0 Å². The number of fused-ring (bicyclic) bond motifs is 8. The van der Waals surface area contributed by atoms with Crippen LogP contribution in [0.1, 0.15) is 48.6 Å². The fourth-order valence-electron chi connectivity index (χ4n) is 8.04. The largest absolute Gasteiger partial charge is 0.454 e. The van der Waals surface area contributed by atoms with Crippen LogP contribution in [0.2, 0.25) is 0 Å². The third kappa shape index (κ3) is 4.40. The van der Waals surface area contributed by atoms with Crippen LogP contribution >= 0.6 is 0 Å². The highest BCUT2D eigenvalue weighted by atomic mass is 16.3. The first-order valence-electron chi connectivity index (χ1n) is 17.0. The van der Waals surface area contributed by atoms with E-state index < -0.39 is 0 Å². The highest BCUT2D eigenvalue weighted by Crippen LogP contribution is 2.48. The van der Waals surface area contributed by atoms with Crippen LogP contribution in [-0.4, -0.2) is 4.57 Å². The average Bonchev–Trinajstić information content (AvgIpc) is 3.73. The van der Waals surface area contributed by atoms with E-state index >= 15 is 0 Å². The van der Waals surface area contributed by atoms with Crippen molar-refractivity contribution in [3.8, 4) is 16.8 Å². The van der Waals surface area contributed by atoms with E-state index in [4.69, 9.17) is 4.42 Å². The fraction of sp³-hybridized carbons (Fsp3) is 0.130. The maximum atomic E-state index is 6.71. The summed E-state index contributed by atoms with van der Waals surface area (Å²) in [6.07, 6.45) is 6.30. The molecule has 9 rings (SSSR count). The molecule has 0 amide bonds. The van der Waals surface area contributed by atoms with Crippen molar-refractivity contribution >= 4 is 45.0 Å². The summed E-state index contributed by atoms with van der Waals surface area (Å²) in [5, 5.41) is 5.89. The maximum Gasteiger partial charge on any atom is 0.161 e. The zero-order valence-electron chi connectivity index (χ0n) is 27.6. The van der Waals surface area contributed by atoms with Gasteiger partial charge in [0.05, 0.1) is 10.7 Å².